The molecule has 3 N–H and O–H groups in total. The van der Waals surface area contributed by atoms with Gasteiger partial charge in [-0.15, -0.1) is 0 Å². The molecule has 0 aliphatic carbocycles. The Balaban J connectivity index is 1.50. The fourth-order valence-electron chi connectivity index (χ4n) is 4.51. The van der Waals surface area contributed by atoms with Crippen LogP contribution in [0.2, 0.25) is 0 Å². The van der Waals surface area contributed by atoms with Crippen molar-refractivity contribution in [2.75, 3.05) is 18.9 Å². The Morgan fingerprint density at radius 3 is 2.78 bits per heavy atom. The predicted octanol–water partition coefficient (Wildman–Crippen LogP) is 2.62. The number of anilines is 1. The van der Waals surface area contributed by atoms with E-state index >= 15 is 0 Å². The molecule has 2 aliphatic heterocycles. The van der Waals surface area contributed by atoms with Gasteiger partial charge in [-0.25, -0.2) is 0 Å². The molecule has 0 unspecified atom stereocenters. The Kier molecular flexibility index (Phi) is 6.32. The molecule has 0 saturated carbocycles. The average molecular weight is 439 g/mol. The molecule has 1 saturated heterocycles. The smallest absolute Gasteiger partial charge is 0.256 e. The molecule has 4 rings (SSSR count). The SMILES string of the molecule is CN[C@@H](CC(C)C)C(=O)N[C@@H]1CCN2C(=O)c3cc(-c4ccco4)ccc3NC(=O)[C@@H]2C1. The molecule has 32 heavy (non-hydrogen) atoms. The molecule has 1 aromatic heterocycles. The number of carbonyl (C=O) groups excluding carboxylic acids is 3. The van der Waals surface area contributed by atoms with Crippen LogP contribution in [0.5, 0.6) is 0 Å². The standard InChI is InChI=1S/C24H30N4O4/c1-14(2)11-19(25-3)22(29)26-16-8-9-28-20(13-16)23(30)27-18-7-6-15(12-17(18)24(28)31)21-5-4-10-32-21/h4-7,10,12,14,16,19-20,25H,8-9,11,13H2,1-3H3,(H,26,29)(H,27,30)/t16-,19+,20+/m1/s1. The summed E-state index contributed by atoms with van der Waals surface area (Å²) in [7, 11) is 1.78. The summed E-state index contributed by atoms with van der Waals surface area (Å²) in [6.45, 7) is 4.56. The molecule has 8 heteroatoms. The third-order valence-corrected chi connectivity index (χ3v) is 6.20. The van der Waals surface area contributed by atoms with Gasteiger partial charge in [0.05, 0.1) is 23.6 Å². The second-order valence-electron chi connectivity index (χ2n) is 8.94. The zero-order valence-electron chi connectivity index (χ0n) is 18.7. The van der Waals surface area contributed by atoms with E-state index in [-0.39, 0.29) is 29.8 Å². The highest BCUT2D eigenvalue weighted by molar-refractivity contribution is 6.10. The molecule has 3 atom stereocenters. The topological polar surface area (TPSA) is 104 Å². The van der Waals surface area contributed by atoms with E-state index in [4.69, 9.17) is 4.42 Å². The molecule has 3 heterocycles. The molecule has 2 aliphatic rings. The van der Waals surface area contributed by atoms with Crippen molar-refractivity contribution in [3.05, 3.63) is 42.2 Å². The first-order valence-corrected chi connectivity index (χ1v) is 11.1. The van der Waals surface area contributed by atoms with Crippen LogP contribution in [-0.2, 0) is 9.59 Å². The number of likely N-dealkylation sites (N-methyl/N-ethyl adjacent to an activating group) is 1. The largest absolute Gasteiger partial charge is 0.464 e. The van der Waals surface area contributed by atoms with E-state index in [1.807, 2.05) is 12.1 Å². The molecule has 170 valence electrons. The fraction of sp³-hybridized carbons (Fsp3) is 0.458. The average Bonchev–Trinajstić information content (AvgIpc) is 3.29. The zero-order chi connectivity index (χ0) is 22.8. The van der Waals surface area contributed by atoms with Gasteiger partial charge in [-0.2, -0.15) is 0 Å². The van der Waals surface area contributed by atoms with Crippen LogP contribution >= 0.6 is 0 Å². The Hall–Kier alpha value is -3.13. The number of furan rings is 1. The van der Waals surface area contributed by atoms with Crippen LogP contribution in [0.3, 0.4) is 0 Å². The lowest BCUT2D eigenvalue weighted by atomic mass is 9.95. The number of carbonyl (C=O) groups is 3. The number of nitrogens with zero attached hydrogens (tertiary/aromatic N) is 1. The van der Waals surface area contributed by atoms with Crippen molar-refractivity contribution in [3.8, 4) is 11.3 Å². The van der Waals surface area contributed by atoms with Gasteiger partial charge in [0.15, 0.2) is 0 Å². The number of rotatable bonds is 6. The highest BCUT2D eigenvalue weighted by atomic mass is 16.3. The Morgan fingerprint density at radius 1 is 1.28 bits per heavy atom. The first-order valence-electron chi connectivity index (χ1n) is 11.1. The van der Waals surface area contributed by atoms with Gasteiger partial charge in [-0.1, -0.05) is 13.8 Å². The van der Waals surface area contributed by atoms with Gasteiger partial charge in [0, 0.05) is 18.2 Å². The number of benzene rings is 1. The number of nitrogens with one attached hydrogen (secondary N) is 3. The van der Waals surface area contributed by atoms with Crippen LogP contribution in [0.1, 0.15) is 43.5 Å². The van der Waals surface area contributed by atoms with Gasteiger partial charge in [-0.05, 0) is 62.6 Å². The normalized spacial score (nSPS) is 21.4. The molecule has 8 nitrogen and oxygen atoms in total. The van der Waals surface area contributed by atoms with Crippen molar-refractivity contribution >= 4 is 23.4 Å². The Bertz CT molecular complexity index is 1000. The van der Waals surface area contributed by atoms with E-state index in [0.29, 0.717) is 42.3 Å². The molecule has 2 aromatic rings. The van der Waals surface area contributed by atoms with Crippen molar-refractivity contribution in [1.29, 1.82) is 0 Å². The van der Waals surface area contributed by atoms with Crippen molar-refractivity contribution in [2.24, 2.45) is 5.92 Å². The van der Waals surface area contributed by atoms with Gasteiger partial charge >= 0.3 is 0 Å². The summed E-state index contributed by atoms with van der Waals surface area (Å²) in [5.74, 6) is 0.569. The van der Waals surface area contributed by atoms with E-state index in [1.165, 1.54) is 0 Å². The second kappa shape index (κ2) is 9.16. The molecular formula is C24H30N4O4. The Labute approximate surface area is 187 Å². The van der Waals surface area contributed by atoms with Gasteiger partial charge in [-0.3, -0.25) is 14.4 Å². The van der Waals surface area contributed by atoms with Crippen molar-refractivity contribution in [1.82, 2.24) is 15.5 Å². The van der Waals surface area contributed by atoms with Crippen LogP contribution in [-0.4, -0.2) is 54.3 Å². The third-order valence-electron chi connectivity index (χ3n) is 6.20. The molecule has 3 amide bonds. The van der Waals surface area contributed by atoms with Crippen LogP contribution in [0.15, 0.2) is 41.0 Å². The minimum absolute atomic E-state index is 0.0635. The van der Waals surface area contributed by atoms with E-state index in [0.717, 1.165) is 12.0 Å². The summed E-state index contributed by atoms with van der Waals surface area (Å²) in [6, 6.07) is 7.88. The molecule has 0 spiro atoms. The van der Waals surface area contributed by atoms with Crippen molar-refractivity contribution in [3.63, 3.8) is 0 Å². The second-order valence-corrected chi connectivity index (χ2v) is 8.94. The van der Waals surface area contributed by atoms with Gasteiger partial charge < -0.3 is 25.3 Å². The van der Waals surface area contributed by atoms with E-state index in [1.54, 1.807) is 36.4 Å². The minimum atomic E-state index is -0.626. The molecule has 1 fully saturated rings. The third kappa shape index (κ3) is 4.41. The lowest BCUT2D eigenvalue weighted by molar-refractivity contribution is -0.126. The number of piperidine rings is 1. The monoisotopic (exact) mass is 438 g/mol. The molecule has 1 aromatic carbocycles. The van der Waals surface area contributed by atoms with Gasteiger partial charge in [0.2, 0.25) is 11.8 Å². The van der Waals surface area contributed by atoms with Crippen LogP contribution in [0, 0.1) is 5.92 Å². The minimum Gasteiger partial charge on any atom is -0.464 e. The van der Waals surface area contributed by atoms with E-state index in [9.17, 15) is 14.4 Å². The number of hydrogen-bond donors (Lipinski definition) is 3. The van der Waals surface area contributed by atoms with E-state index < -0.39 is 6.04 Å². The van der Waals surface area contributed by atoms with E-state index in [2.05, 4.69) is 29.8 Å². The quantitative estimate of drug-likeness (QED) is 0.643. The lowest BCUT2D eigenvalue weighted by Crippen LogP contribution is -2.56. The van der Waals surface area contributed by atoms with Crippen molar-refractivity contribution < 1.29 is 18.8 Å². The summed E-state index contributed by atoms with van der Waals surface area (Å²) in [6.07, 6.45) is 3.31. The number of amides is 3. The molecular weight excluding hydrogens is 408 g/mol. The highest BCUT2D eigenvalue weighted by Gasteiger charge is 2.40. The molecule has 0 radical (unpaired) electrons. The summed E-state index contributed by atoms with van der Waals surface area (Å²) in [5.41, 5.74) is 1.72. The maximum absolute atomic E-state index is 13.3. The summed E-state index contributed by atoms with van der Waals surface area (Å²) in [4.78, 5) is 40.7. The predicted molar refractivity (Wildman–Crippen MR) is 121 cm³/mol. The highest BCUT2D eigenvalue weighted by Crippen LogP contribution is 2.32. The summed E-state index contributed by atoms with van der Waals surface area (Å²) in [5, 5.41) is 9.05. The summed E-state index contributed by atoms with van der Waals surface area (Å²) >= 11 is 0. The first kappa shape index (κ1) is 22.1. The first-order chi connectivity index (χ1) is 15.4. The Morgan fingerprint density at radius 2 is 2.09 bits per heavy atom. The number of hydrogen-bond acceptors (Lipinski definition) is 5. The number of fused-ring (bicyclic) bond motifs is 2. The van der Waals surface area contributed by atoms with Crippen molar-refractivity contribution in [2.45, 2.75) is 51.2 Å². The van der Waals surface area contributed by atoms with Crippen LogP contribution < -0.4 is 16.0 Å². The zero-order valence-corrected chi connectivity index (χ0v) is 18.7. The summed E-state index contributed by atoms with van der Waals surface area (Å²) < 4.78 is 5.45. The van der Waals surface area contributed by atoms with Gasteiger partial charge in [0.1, 0.15) is 11.8 Å². The van der Waals surface area contributed by atoms with Crippen LogP contribution in [0.25, 0.3) is 11.3 Å². The van der Waals surface area contributed by atoms with Crippen LogP contribution in [0.4, 0.5) is 5.69 Å². The maximum Gasteiger partial charge on any atom is 0.256 e. The van der Waals surface area contributed by atoms with Gasteiger partial charge in [0.25, 0.3) is 5.91 Å². The molecule has 0 bridgehead atoms. The maximum atomic E-state index is 13.3. The fourth-order valence-corrected chi connectivity index (χ4v) is 4.51. The lowest BCUT2D eigenvalue weighted by Gasteiger charge is -2.37.